The Morgan fingerprint density at radius 1 is 1.27 bits per heavy atom. The summed E-state index contributed by atoms with van der Waals surface area (Å²) >= 11 is 0. The second-order valence-corrected chi connectivity index (χ2v) is 4.25. The molecule has 0 spiro atoms. The fourth-order valence-electron chi connectivity index (χ4n) is 2.10. The minimum Gasteiger partial charge on any atom is -0.480 e. The molecule has 0 saturated heterocycles. The zero-order valence-electron chi connectivity index (χ0n) is 9.21. The molecule has 0 aromatic heterocycles. The standard InChI is InChI=1S/C11H19NO3/c1-2-6-9(13)12-11(10(14)15)7-4-3-5-8-11/h2-8H2,1H3,(H,12,13)(H,14,15). The van der Waals surface area contributed by atoms with Gasteiger partial charge in [-0.2, -0.15) is 0 Å². The molecule has 1 saturated carbocycles. The van der Waals surface area contributed by atoms with Gasteiger partial charge in [0.05, 0.1) is 0 Å². The molecule has 0 unspecified atom stereocenters. The number of carbonyl (C=O) groups excluding carboxylic acids is 1. The zero-order valence-corrected chi connectivity index (χ0v) is 9.21. The second kappa shape index (κ2) is 5.14. The molecule has 0 aromatic carbocycles. The first kappa shape index (κ1) is 12.0. The average Bonchev–Trinajstić information content (AvgIpc) is 2.19. The predicted octanol–water partition coefficient (Wildman–Crippen LogP) is 1.69. The van der Waals surface area contributed by atoms with Crippen LogP contribution in [0.4, 0.5) is 0 Å². The molecule has 0 heterocycles. The van der Waals surface area contributed by atoms with E-state index in [1.54, 1.807) is 0 Å². The predicted molar refractivity (Wildman–Crippen MR) is 56.5 cm³/mol. The van der Waals surface area contributed by atoms with Crippen LogP contribution < -0.4 is 5.32 Å². The largest absolute Gasteiger partial charge is 0.480 e. The molecule has 1 amide bonds. The van der Waals surface area contributed by atoms with E-state index < -0.39 is 11.5 Å². The fraction of sp³-hybridized carbons (Fsp3) is 0.818. The normalized spacial score (nSPS) is 19.5. The summed E-state index contributed by atoms with van der Waals surface area (Å²) in [5, 5.41) is 11.9. The monoisotopic (exact) mass is 213 g/mol. The third-order valence-corrected chi connectivity index (χ3v) is 2.97. The van der Waals surface area contributed by atoms with Gasteiger partial charge in [-0.1, -0.05) is 26.2 Å². The summed E-state index contributed by atoms with van der Waals surface area (Å²) in [6.07, 6.45) is 5.14. The van der Waals surface area contributed by atoms with Crippen molar-refractivity contribution in [3.63, 3.8) is 0 Å². The molecule has 15 heavy (non-hydrogen) atoms. The van der Waals surface area contributed by atoms with Crippen LogP contribution >= 0.6 is 0 Å². The van der Waals surface area contributed by atoms with Gasteiger partial charge in [0.25, 0.3) is 0 Å². The van der Waals surface area contributed by atoms with Crippen molar-refractivity contribution in [2.75, 3.05) is 0 Å². The van der Waals surface area contributed by atoms with Crippen molar-refractivity contribution in [2.45, 2.75) is 57.4 Å². The Morgan fingerprint density at radius 3 is 2.33 bits per heavy atom. The maximum Gasteiger partial charge on any atom is 0.329 e. The Bertz CT molecular complexity index is 244. The van der Waals surface area contributed by atoms with E-state index in [0.717, 1.165) is 25.7 Å². The smallest absolute Gasteiger partial charge is 0.329 e. The number of carboxylic acid groups (broad SMARTS) is 1. The van der Waals surface area contributed by atoms with Crippen LogP contribution in [0, 0.1) is 0 Å². The Hall–Kier alpha value is -1.06. The first-order chi connectivity index (χ1) is 7.10. The minimum atomic E-state index is -0.982. The van der Waals surface area contributed by atoms with E-state index in [1.165, 1.54) is 0 Å². The third kappa shape index (κ3) is 2.94. The van der Waals surface area contributed by atoms with Gasteiger partial charge in [-0.05, 0) is 19.3 Å². The van der Waals surface area contributed by atoms with Gasteiger partial charge in [0.2, 0.25) is 5.91 Å². The van der Waals surface area contributed by atoms with E-state index >= 15 is 0 Å². The molecule has 4 heteroatoms. The summed E-state index contributed by atoms with van der Waals surface area (Å²) in [4.78, 5) is 22.6. The van der Waals surface area contributed by atoms with Gasteiger partial charge in [0.15, 0.2) is 0 Å². The van der Waals surface area contributed by atoms with Crippen molar-refractivity contribution in [2.24, 2.45) is 0 Å². The molecule has 1 rings (SSSR count). The number of carboxylic acids is 1. The molecule has 1 fully saturated rings. The lowest BCUT2D eigenvalue weighted by Crippen LogP contribution is -2.55. The van der Waals surface area contributed by atoms with Crippen molar-refractivity contribution < 1.29 is 14.7 Å². The summed E-state index contributed by atoms with van der Waals surface area (Å²) < 4.78 is 0. The molecule has 0 aliphatic heterocycles. The molecule has 86 valence electrons. The van der Waals surface area contributed by atoms with Crippen molar-refractivity contribution in [3.05, 3.63) is 0 Å². The number of hydrogen-bond donors (Lipinski definition) is 2. The Kier molecular flexibility index (Phi) is 4.12. The summed E-state index contributed by atoms with van der Waals surface area (Å²) in [6, 6.07) is 0. The summed E-state index contributed by atoms with van der Waals surface area (Å²) in [5.74, 6) is -1.02. The summed E-state index contributed by atoms with van der Waals surface area (Å²) in [6.45, 7) is 1.91. The van der Waals surface area contributed by atoms with Crippen LogP contribution in [0.1, 0.15) is 51.9 Å². The van der Waals surface area contributed by atoms with Crippen molar-refractivity contribution >= 4 is 11.9 Å². The second-order valence-electron chi connectivity index (χ2n) is 4.25. The molecular weight excluding hydrogens is 194 g/mol. The maximum atomic E-state index is 11.4. The summed E-state index contributed by atoms with van der Waals surface area (Å²) in [5.41, 5.74) is -0.982. The SMILES string of the molecule is CCCC(=O)NC1(C(=O)O)CCCCC1. The Labute approximate surface area is 90.0 Å². The van der Waals surface area contributed by atoms with Crippen molar-refractivity contribution in [3.8, 4) is 0 Å². The van der Waals surface area contributed by atoms with Crippen LogP contribution in [0.3, 0.4) is 0 Å². The van der Waals surface area contributed by atoms with Crippen molar-refractivity contribution in [1.29, 1.82) is 0 Å². The molecule has 1 aliphatic carbocycles. The summed E-state index contributed by atoms with van der Waals surface area (Å²) in [7, 11) is 0. The number of nitrogens with one attached hydrogen (secondary N) is 1. The topological polar surface area (TPSA) is 66.4 Å². The highest BCUT2D eigenvalue weighted by Gasteiger charge is 2.40. The highest BCUT2D eigenvalue weighted by Crippen LogP contribution is 2.28. The van der Waals surface area contributed by atoms with Crippen LogP contribution in [0.15, 0.2) is 0 Å². The maximum absolute atomic E-state index is 11.4. The molecule has 0 bridgehead atoms. The van der Waals surface area contributed by atoms with E-state index in [0.29, 0.717) is 19.3 Å². The molecule has 4 nitrogen and oxygen atoms in total. The van der Waals surface area contributed by atoms with Gasteiger partial charge in [-0.15, -0.1) is 0 Å². The van der Waals surface area contributed by atoms with Crippen LogP contribution in [0.2, 0.25) is 0 Å². The first-order valence-corrected chi connectivity index (χ1v) is 5.65. The Balaban J connectivity index is 2.64. The van der Waals surface area contributed by atoms with Gasteiger partial charge in [-0.25, -0.2) is 4.79 Å². The zero-order chi connectivity index (χ0) is 11.3. The number of rotatable bonds is 4. The lowest BCUT2D eigenvalue weighted by atomic mass is 9.81. The van der Waals surface area contributed by atoms with Gasteiger partial charge < -0.3 is 10.4 Å². The van der Waals surface area contributed by atoms with E-state index in [-0.39, 0.29) is 5.91 Å². The number of aliphatic carboxylic acids is 1. The number of amides is 1. The highest BCUT2D eigenvalue weighted by molar-refractivity contribution is 5.87. The van der Waals surface area contributed by atoms with Gasteiger partial charge in [0.1, 0.15) is 5.54 Å². The molecule has 0 radical (unpaired) electrons. The van der Waals surface area contributed by atoms with Crippen LogP contribution in [0.25, 0.3) is 0 Å². The highest BCUT2D eigenvalue weighted by atomic mass is 16.4. The fourth-order valence-corrected chi connectivity index (χ4v) is 2.10. The molecule has 2 N–H and O–H groups in total. The minimum absolute atomic E-state index is 0.137. The molecule has 1 aliphatic rings. The van der Waals surface area contributed by atoms with E-state index in [1.807, 2.05) is 6.92 Å². The van der Waals surface area contributed by atoms with Crippen LogP contribution in [-0.2, 0) is 9.59 Å². The van der Waals surface area contributed by atoms with E-state index in [2.05, 4.69) is 5.32 Å². The lowest BCUT2D eigenvalue weighted by molar-refractivity contribution is -0.149. The van der Waals surface area contributed by atoms with Gasteiger partial charge >= 0.3 is 5.97 Å². The van der Waals surface area contributed by atoms with Gasteiger partial charge in [0, 0.05) is 6.42 Å². The Morgan fingerprint density at radius 2 is 1.87 bits per heavy atom. The van der Waals surface area contributed by atoms with Gasteiger partial charge in [-0.3, -0.25) is 4.79 Å². The molecule has 0 aromatic rings. The quantitative estimate of drug-likeness (QED) is 0.746. The number of carbonyl (C=O) groups is 2. The lowest BCUT2D eigenvalue weighted by Gasteiger charge is -2.33. The van der Waals surface area contributed by atoms with E-state index in [9.17, 15) is 14.7 Å². The van der Waals surface area contributed by atoms with Crippen molar-refractivity contribution in [1.82, 2.24) is 5.32 Å². The third-order valence-electron chi connectivity index (χ3n) is 2.97. The molecule has 0 atom stereocenters. The van der Waals surface area contributed by atoms with E-state index in [4.69, 9.17) is 0 Å². The number of hydrogen-bond acceptors (Lipinski definition) is 2. The molecular formula is C11H19NO3. The average molecular weight is 213 g/mol. The first-order valence-electron chi connectivity index (χ1n) is 5.65. The van der Waals surface area contributed by atoms with Crippen LogP contribution in [-0.4, -0.2) is 22.5 Å². The van der Waals surface area contributed by atoms with Crippen LogP contribution in [0.5, 0.6) is 0 Å².